The Morgan fingerprint density at radius 3 is 2.09 bits per heavy atom. The summed E-state index contributed by atoms with van der Waals surface area (Å²) in [7, 11) is -2.87. The topological polar surface area (TPSA) is 43.9 Å². The molecule has 200 valence electrons. The first kappa shape index (κ1) is 28.6. The van der Waals surface area contributed by atoms with Crippen molar-refractivity contribution in [3.05, 3.63) is 23.8 Å². The van der Waals surface area contributed by atoms with Crippen molar-refractivity contribution in [3.63, 3.8) is 0 Å². The molecule has 0 N–H and O–H groups in total. The van der Waals surface area contributed by atoms with Gasteiger partial charge in [-0.3, -0.25) is 4.90 Å². The third-order valence-electron chi connectivity index (χ3n) is 8.65. The number of benzene rings is 1. The monoisotopic (exact) mass is 525 g/mol. The molecule has 35 heavy (non-hydrogen) atoms. The molecule has 1 aliphatic carbocycles. The summed E-state index contributed by atoms with van der Waals surface area (Å²) >= 11 is 0. The number of rotatable bonds is 6. The van der Waals surface area contributed by atoms with Gasteiger partial charge in [-0.1, -0.05) is 34.1 Å². The summed E-state index contributed by atoms with van der Waals surface area (Å²) in [4.78, 5) is 7.53. The van der Waals surface area contributed by atoms with Gasteiger partial charge in [-0.05, 0) is 79.7 Å². The lowest BCUT2D eigenvalue weighted by Gasteiger charge is -2.41. The third kappa shape index (κ3) is 7.29. The summed E-state index contributed by atoms with van der Waals surface area (Å²) in [5, 5.41) is 0. The van der Waals surface area contributed by atoms with Gasteiger partial charge in [0.1, 0.15) is 0 Å². The van der Waals surface area contributed by atoms with E-state index in [4.69, 9.17) is 0 Å². The Kier molecular flexibility index (Phi) is 9.84. The number of sulfone groups is 1. The molecule has 0 spiro atoms. The number of unbranched alkanes of at least 4 members (excludes halogenated alkanes) is 1. The minimum Gasteiger partial charge on any atom is -0.369 e. The van der Waals surface area contributed by atoms with E-state index in [2.05, 4.69) is 60.6 Å². The Labute approximate surface area is 221 Å². The molecule has 4 rings (SSSR count). The smallest absolute Gasteiger partial charge is 0.153 e. The van der Waals surface area contributed by atoms with Crippen molar-refractivity contribution in [1.29, 1.82) is 0 Å². The molecule has 2 saturated heterocycles. The Balaban J connectivity index is 0.00000342. The lowest BCUT2D eigenvalue weighted by molar-refractivity contribution is 0.169. The van der Waals surface area contributed by atoms with E-state index in [0.717, 1.165) is 32.1 Å². The van der Waals surface area contributed by atoms with Crippen LogP contribution in [0.5, 0.6) is 0 Å². The number of nitrogens with zero attached hydrogens (tertiary/aromatic N) is 3. The molecule has 0 unspecified atom stereocenters. The molecule has 0 radical (unpaired) electrons. The molecule has 2 heterocycles. The van der Waals surface area contributed by atoms with Crippen LogP contribution in [0.1, 0.15) is 77.7 Å². The highest BCUT2D eigenvalue weighted by Gasteiger charge is 2.32. The maximum atomic E-state index is 12.0. The molecule has 2 aliphatic heterocycles. The molecule has 0 bridgehead atoms. The van der Waals surface area contributed by atoms with Crippen LogP contribution in [0.2, 0.25) is 0 Å². The van der Waals surface area contributed by atoms with Crippen molar-refractivity contribution in [1.82, 2.24) is 4.90 Å². The summed E-state index contributed by atoms with van der Waals surface area (Å²) in [5.74, 6) is 1.98. The average Bonchev–Trinajstić information content (AvgIpc) is 2.82. The molecular weight excluding hydrogens is 478 g/mol. The lowest BCUT2D eigenvalue weighted by Crippen LogP contribution is -2.47. The number of hydrogen-bond donors (Lipinski definition) is 0. The first-order valence-corrected chi connectivity index (χ1v) is 15.5. The second-order valence-corrected chi connectivity index (χ2v) is 14.3. The summed E-state index contributed by atoms with van der Waals surface area (Å²) in [6, 6.07) is 7.03. The molecule has 5 nitrogen and oxygen atoms in total. The van der Waals surface area contributed by atoms with E-state index in [1.54, 1.807) is 0 Å². The fourth-order valence-corrected chi connectivity index (χ4v) is 7.39. The van der Waals surface area contributed by atoms with Crippen molar-refractivity contribution in [2.75, 3.05) is 67.1 Å². The van der Waals surface area contributed by atoms with E-state index >= 15 is 0 Å². The van der Waals surface area contributed by atoms with Crippen molar-refractivity contribution >= 4 is 33.6 Å². The van der Waals surface area contributed by atoms with Crippen LogP contribution in [0.3, 0.4) is 0 Å². The van der Waals surface area contributed by atoms with E-state index in [1.165, 1.54) is 62.0 Å². The minimum atomic E-state index is -2.87. The minimum absolute atomic E-state index is 0. The first-order valence-electron chi connectivity index (χ1n) is 13.7. The number of halogens is 1. The van der Waals surface area contributed by atoms with Gasteiger partial charge in [0, 0.05) is 50.6 Å². The van der Waals surface area contributed by atoms with Crippen LogP contribution in [0.15, 0.2) is 18.2 Å². The summed E-state index contributed by atoms with van der Waals surface area (Å²) in [6.07, 6.45) is 7.71. The Hall–Kier alpha value is -0.980. The quantitative estimate of drug-likeness (QED) is 0.484. The van der Waals surface area contributed by atoms with Crippen molar-refractivity contribution in [2.45, 2.75) is 72.1 Å². The largest absolute Gasteiger partial charge is 0.369 e. The molecule has 7 heteroatoms. The van der Waals surface area contributed by atoms with Crippen LogP contribution in [-0.4, -0.2) is 70.6 Å². The normalized spacial score (nSPS) is 25.8. The van der Waals surface area contributed by atoms with Crippen LogP contribution >= 0.6 is 12.4 Å². The fourth-order valence-electron chi connectivity index (χ4n) is 6.19. The van der Waals surface area contributed by atoms with Gasteiger partial charge in [-0.15, -0.1) is 12.4 Å². The van der Waals surface area contributed by atoms with Crippen molar-refractivity contribution in [2.24, 2.45) is 11.3 Å². The standard InChI is InChI=1S/C28H47N3O2S.ClH/c1-5-6-13-29-14-16-31(17-15-29)27-12-11-25(30-18-20-34(32,33)21-19-30)22-26(27)23-7-9-24(10-8-23)28(2,3)4;/h11-12,22-24H,5-10,13-21H2,1-4H3;1H. The van der Waals surface area contributed by atoms with Gasteiger partial charge in [0.25, 0.3) is 0 Å². The number of hydrogen-bond acceptors (Lipinski definition) is 5. The summed E-state index contributed by atoms with van der Waals surface area (Å²) < 4.78 is 23.9. The van der Waals surface area contributed by atoms with Gasteiger partial charge in [0.2, 0.25) is 0 Å². The Morgan fingerprint density at radius 2 is 1.51 bits per heavy atom. The van der Waals surface area contributed by atoms with Crippen LogP contribution in [0, 0.1) is 11.3 Å². The van der Waals surface area contributed by atoms with Crippen LogP contribution < -0.4 is 9.80 Å². The molecule has 1 aromatic carbocycles. The summed E-state index contributed by atoms with van der Waals surface area (Å²) in [6.45, 7) is 16.4. The van der Waals surface area contributed by atoms with Gasteiger partial charge in [0.05, 0.1) is 11.5 Å². The molecule has 3 fully saturated rings. The van der Waals surface area contributed by atoms with Gasteiger partial charge < -0.3 is 9.80 Å². The Bertz CT molecular complexity index is 901. The van der Waals surface area contributed by atoms with Crippen molar-refractivity contribution < 1.29 is 8.42 Å². The second-order valence-electron chi connectivity index (χ2n) is 12.0. The van der Waals surface area contributed by atoms with Crippen LogP contribution in [0.4, 0.5) is 11.4 Å². The van der Waals surface area contributed by atoms with E-state index in [0.29, 0.717) is 24.4 Å². The summed E-state index contributed by atoms with van der Waals surface area (Å²) in [5.41, 5.74) is 4.56. The Morgan fingerprint density at radius 1 is 0.886 bits per heavy atom. The van der Waals surface area contributed by atoms with E-state index in [9.17, 15) is 8.42 Å². The van der Waals surface area contributed by atoms with Crippen molar-refractivity contribution in [3.8, 4) is 0 Å². The van der Waals surface area contributed by atoms with E-state index in [1.807, 2.05) is 0 Å². The first-order chi connectivity index (χ1) is 16.2. The molecule has 0 aromatic heterocycles. The molecule has 0 atom stereocenters. The maximum Gasteiger partial charge on any atom is 0.153 e. The maximum absolute atomic E-state index is 12.0. The zero-order valence-corrected chi connectivity index (χ0v) is 24.1. The predicted molar refractivity (Wildman–Crippen MR) is 152 cm³/mol. The van der Waals surface area contributed by atoms with Gasteiger partial charge >= 0.3 is 0 Å². The lowest BCUT2D eigenvalue weighted by atomic mass is 9.68. The van der Waals surface area contributed by atoms with Gasteiger partial charge in [0.15, 0.2) is 9.84 Å². The number of anilines is 2. The van der Waals surface area contributed by atoms with E-state index in [-0.39, 0.29) is 23.9 Å². The van der Waals surface area contributed by atoms with E-state index < -0.39 is 9.84 Å². The molecular formula is C28H48ClN3O2S. The second kappa shape index (κ2) is 12.0. The zero-order valence-electron chi connectivity index (χ0n) is 22.5. The van der Waals surface area contributed by atoms with Gasteiger partial charge in [-0.2, -0.15) is 0 Å². The fraction of sp³-hybridized carbons (Fsp3) is 0.786. The molecule has 1 saturated carbocycles. The third-order valence-corrected chi connectivity index (χ3v) is 10.3. The molecule has 3 aliphatic rings. The zero-order chi connectivity index (χ0) is 24.3. The highest BCUT2D eigenvalue weighted by Crippen LogP contribution is 2.46. The highest BCUT2D eigenvalue weighted by atomic mass is 35.5. The molecule has 0 amide bonds. The van der Waals surface area contributed by atoms with Crippen LogP contribution in [-0.2, 0) is 9.84 Å². The SMILES string of the molecule is CCCCN1CCN(c2ccc(N3CCS(=O)(=O)CC3)cc2C2CCC(C(C)(C)C)CC2)CC1.Cl. The van der Waals surface area contributed by atoms with Gasteiger partial charge in [-0.25, -0.2) is 8.42 Å². The van der Waals surface area contributed by atoms with Crippen LogP contribution in [0.25, 0.3) is 0 Å². The predicted octanol–water partition coefficient (Wildman–Crippen LogP) is 5.59. The highest BCUT2D eigenvalue weighted by molar-refractivity contribution is 7.91. The average molecular weight is 526 g/mol. The number of piperazine rings is 1. The molecule has 1 aromatic rings.